The SMILES string of the molecule is C=C/C=C(\C=C\C(C)(C)OC#N)C(C)(C)OC#N. The van der Waals surface area contributed by atoms with Gasteiger partial charge in [0.25, 0.3) is 12.5 Å². The van der Waals surface area contributed by atoms with E-state index in [2.05, 4.69) is 6.58 Å². The standard InChI is InChI=1S/C14H18N2O2/c1-6-7-12(14(4,5)18-11-16)8-9-13(2,3)17-10-15/h6-9H,1H2,2-5H3/b9-8+,12-7+. The first-order valence-corrected chi connectivity index (χ1v) is 5.45. The van der Waals surface area contributed by atoms with Gasteiger partial charge < -0.3 is 9.47 Å². The van der Waals surface area contributed by atoms with Crippen LogP contribution >= 0.6 is 0 Å². The van der Waals surface area contributed by atoms with E-state index in [-0.39, 0.29) is 0 Å². The van der Waals surface area contributed by atoms with Crippen molar-refractivity contribution in [2.24, 2.45) is 0 Å². The first-order chi connectivity index (χ1) is 8.29. The third-order valence-corrected chi connectivity index (χ3v) is 2.27. The van der Waals surface area contributed by atoms with Crippen LogP contribution in [-0.2, 0) is 9.47 Å². The van der Waals surface area contributed by atoms with Gasteiger partial charge in [-0.3, -0.25) is 0 Å². The quantitative estimate of drug-likeness (QED) is 0.533. The lowest BCUT2D eigenvalue weighted by atomic mass is 9.95. The monoisotopic (exact) mass is 246 g/mol. The van der Waals surface area contributed by atoms with Crippen LogP contribution in [0.25, 0.3) is 0 Å². The zero-order valence-corrected chi connectivity index (χ0v) is 11.2. The molecule has 0 aliphatic rings. The van der Waals surface area contributed by atoms with Gasteiger partial charge in [-0.2, -0.15) is 10.5 Å². The van der Waals surface area contributed by atoms with E-state index in [9.17, 15) is 0 Å². The number of hydrogen-bond acceptors (Lipinski definition) is 4. The highest BCUT2D eigenvalue weighted by Gasteiger charge is 2.24. The third-order valence-electron chi connectivity index (χ3n) is 2.27. The third kappa shape index (κ3) is 5.23. The molecule has 0 bridgehead atoms. The number of nitrogens with zero attached hydrogens (tertiary/aromatic N) is 2. The van der Waals surface area contributed by atoms with Crippen molar-refractivity contribution >= 4 is 0 Å². The van der Waals surface area contributed by atoms with Crippen molar-refractivity contribution in [3.05, 3.63) is 36.5 Å². The summed E-state index contributed by atoms with van der Waals surface area (Å²) in [4.78, 5) is 0. The largest absolute Gasteiger partial charge is 0.417 e. The second kappa shape index (κ2) is 6.51. The zero-order chi connectivity index (χ0) is 14.2. The molecule has 0 aliphatic heterocycles. The van der Waals surface area contributed by atoms with E-state index < -0.39 is 11.2 Å². The number of nitriles is 2. The van der Waals surface area contributed by atoms with Crippen LogP contribution < -0.4 is 0 Å². The van der Waals surface area contributed by atoms with Gasteiger partial charge in [0.05, 0.1) is 0 Å². The van der Waals surface area contributed by atoms with Crippen LogP contribution in [0, 0.1) is 23.0 Å². The van der Waals surface area contributed by atoms with Crippen molar-refractivity contribution in [2.75, 3.05) is 0 Å². The van der Waals surface area contributed by atoms with Gasteiger partial charge in [0.2, 0.25) is 0 Å². The maximum absolute atomic E-state index is 8.61. The van der Waals surface area contributed by atoms with Crippen molar-refractivity contribution in [1.82, 2.24) is 0 Å². The van der Waals surface area contributed by atoms with Gasteiger partial charge in [-0.1, -0.05) is 24.8 Å². The second-order valence-electron chi connectivity index (χ2n) is 4.69. The average molecular weight is 246 g/mol. The molecule has 0 atom stereocenters. The molecule has 0 saturated heterocycles. The lowest BCUT2D eigenvalue weighted by Crippen LogP contribution is -2.25. The van der Waals surface area contributed by atoms with Crippen LogP contribution in [0.1, 0.15) is 27.7 Å². The van der Waals surface area contributed by atoms with Gasteiger partial charge >= 0.3 is 0 Å². The topological polar surface area (TPSA) is 66.0 Å². The first kappa shape index (κ1) is 15.8. The van der Waals surface area contributed by atoms with Crippen LogP contribution in [0.4, 0.5) is 0 Å². The van der Waals surface area contributed by atoms with Crippen LogP contribution in [0.3, 0.4) is 0 Å². The predicted octanol–water partition coefficient (Wildman–Crippen LogP) is 3.21. The Morgan fingerprint density at radius 2 is 1.67 bits per heavy atom. The molecule has 96 valence electrons. The van der Waals surface area contributed by atoms with Gasteiger partial charge in [0.1, 0.15) is 11.2 Å². The van der Waals surface area contributed by atoms with Gasteiger partial charge in [-0.25, -0.2) is 0 Å². The van der Waals surface area contributed by atoms with Crippen LogP contribution in [0.5, 0.6) is 0 Å². The summed E-state index contributed by atoms with van der Waals surface area (Å²) in [5.41, 5.74) is -0.714. The van der Waals surface area contributed by atoms with Crippen molar-refractivity contribution in [3.8, 4) is 12.5 Å². The molecule has 0 heterocycles. The Kier molecular flexibility index (Phi) is 5.72. The lowest BCUT2D eigenvalue weighted by Gasteiger charge is -2.24. The summed E-state index contributed by atoms with van der Waals surface area (Å²) < 4.78 is 9.89. The Morgan fingerprint density at radius 3 is 2.11 bits per heavy atom. The Bertz CT molecular complexity index is 432. The molecule has 0 N–H and O–H groups in total. The summed E-state index contributed by atoms with van der Waals surface area (Å²) in [6, 6.07) is 0. The highest BCUT2D eigenvalue weighted by molar-refractivity contribution is 5.32. The molecule has 0 aromatic carbocycles. The van der Waals surface area contributed by atoms with E-state index in [1.807, 2.05) is 0 Å². The predicted molar refractivity (Wildman–Crippen MR) is 69.0 cm³/mol. The number of hydrogen-bond donors (Lipinski definition) is 0. The van der Waals surface area contributed by atoms with Gasteiger partial charge in [0.15, 0.2) is 0 Å². The van der Waals surface area contributed by atoms with E-state index in [1.54, 1.807) is 64.5 Å². The molecule has 0 spiro atoms. The summed E-state index contributed by atoms with van der Waals surface area (Å²) in [7, 11) is 0. The minimum absolute atomic E-state index is 0.711. The minimum Gasteiger partial charge on any atom is -0.417 e. The summed E-state index contributed by atoms with van der Waals surface area (Å²) >= 11 is 0. The summed E-state index contributed by atoms with van der Waals surface area (Å²) in [5, 5.41) is 17.1. The summed E-state index contributed by atoms with van der Waals surface area (Å²) in [5.74, 6) is 0. The fourth-order valence-electron chi connectivity index (χ4n) is 1.20. The Balaban J connectivity index is 5.16. The van der Waals surface area contributed by atoms with Crippen LogP contribution in [0.2, 0.25) is 0 Å². The second-order valence-corrected chi connectivity index (χ2v) is 4.69. The molecule has 0 fully saturated rings. The van der Waals surface area contributed by atoms with Crippen LogP contribution in [-0.4, -0.2) is 11.2 Å². The van der Waals surface area contributed by atoms with Gasteiger partial charge in [-0.15, -0.1) is 0 Å². The number of ether oxygens (including phenoxy) is 2. The molecule has 18 heavy (non-hydrogen) atoms. The Morgan fingerprint density at radius 1 is 1.11 bits per heavy atom. The van der Waals surface area contributed by atoms with Gasteiger partial charge in [0, 0.05) is 0 Å². The highest BCUT2D eigenvalue weighted by Crippen LogP contribution is 2.23. The Hall–Kier alpha value is -2.20. The smallest absolute Gasteiger partial charge is 0.287 e. The van der Waals surface area contributed by atoms with E-state index in [0.29, 0.717) is 0 Å². The van der Waals surface area contributed by atoms with E-state index in [0.717, 1.165) is 5.57 Å². The minimum atomic E-state index is -0.762. The van der Waals surface area contributed by atoms with Crippen molar-refractivity contribution < 1.29 is 9.47 Å². The fraction of sp³-hybridized carbons (Fsp3) is 0.429. The van der Waals surface area contributed by atoms with E-state index >= 15 is 0 Å². The molecular weight excluding hydrogens is 228 g/mol. The molecule has 4 nitrogen and oxygen atoms in total. The van der Waals surface area contributed by atoms with Crippen molar-refractivity contribution in [2.45, 2.75) is 38.9 Å². The molecule has 4 heteroatoms. The van der Waals surface area contributed by atoms with Crippen LogP contribution in [0.15, 0.2) is 36.5 Å². The zero-order valence-electron chi connectivity index (χ0n) is 11.2. The first-order valence-electron chi connectivity index (χ1n) is 5.45. The number of allylic oxidation sites excluding steroid dienone is 2. The lowest BCUT2D eigenvalue weighted by molar-refractivity contribution is 0.110. The normalized spacial score (nSPS) is 12.7. The highest BCUT2D eigenvalue weighted by atomic mass is 16.5. The maximum atomic E-state index is 8.61. The van der Waals surface area contributed by atoms with E-state index in [4.69, 9.17) is 20.0 Å². The van der Waals surface area contributed by atoms with E-state index in [1.165, 1.54) is 0 Å². The molecule has 0 radical (unpaired) electrons. The molecule has 0 rings (SSSR count). The molecule has 0 aromatic rings. The summed E-state index contributed by atoms with van der Waals surface area (Å²) in [6.07, 6.45) is 10.2. The summed E-state index contributed by atoms with van der Waals surface area (Å²) in [6.45, 7) is 10.7. The molecule has 0 unspecified atom stereocenters. The maximum Gasteiger partial charge on any atom is 0.287 e. The molecule has 0 aliphatic carbocycles. The average Bonchev–Trinajstić information content (AvgIpc) is 2.23. The molecule has 0 saturated carbocycles. The fourth-order valence-corrected chi connectivity index (χ4v) is 1.20. The van der Waals surface area contributed by atoms with Gasteiger partial charge in [-0.05, 0) is 39.3 Å². The molecule has 0 amide bonds. The van der Waals surface area contributed by atoms with Crippen molar-refractivity contribution in [3.63, 3.8) is 0 Å². The van der Waals surface area contributed by atoms with Crippen molar-refractivity contribution in [1.29, 1.82) is 10.5 Å². The Labute approximate surface area is 108 Å². The molecular formula is C14H18N2O2. The number of rotatable bonds is 6. The molecule has 0 aromatic heterocycles.